The number of fused-ring (bicyclic) bond motifs is 1. The van der Waals surface area contributed by atoms with Gasteiger partial charge in [0.1, 0.15) is 0 Å². The zero-order valence-corrected chi connectivity index (χ0v) is 19.2. The van der Waals surface area contributed by atoms with Crippen LogP contribution >= 0.6 is 12.2 Å². The summed E-state index contributed by atoms with van der Waals surface area (Å²) in [5.41, 5.74) is 3.96. The summed E-state index contributed by atoms with van der Waals surface area (Å²) in [6, 6.07) is 19.0. The number of nitrogens with one attached hydrogen (secondary N) is 2. The molecule has 5 heteroatoms. The minimum Gasteiger partial charge on any atom is -0.356 e. The van der Waals surface area contributed by atoms with Gasteiger partial charge in [0.15, 0.2) is 5.11 Å². The van der Waals surface area contributed by atoms with Crippen molar-refractivity contribution >= 4 is 28.2 Å². The highest BCUT2D eigenvalue weighted by Gasteiger charge is 2.25. The van der Waals surface area contributed by atoms with Crippen LogP contribution < -0.4 is 10.9 Å². The van der Waals surface area contributed by atoms with Gasteiger partial charge in [0.05, 0.1) is 12.6 Å². The number of hydrogen-bond acceptors (Lipinski definition) is 2. The molecule has 2 N–H and O–H groups in total. The number of aromatic nitrogens is 1. The smallest absolute Gasteiger partial charge is 0.253 e. The molecular weight excluding hydrogens is 402 g/mol. The zero-order valence-electron chi connectivity index (χ0n) is 18.4. The minimum atomic E-state index is -0.0298. The molecule has 1 saturated carbocycles. The molecule has 4 nitrogen and oxygen atoms in total. The maximum Gasteiger partial charge on any atom is 0.253 e. The van der Waals surface area contributed by atoms with Gasteiger partial charge >= 0.3 is 0 Å². The molecule has 1 fully saturated rings. The third kappa shape index (κ3) is 5.16. The molecule has 1 atom stereocenters. The Hall–Kier alpha value is -2.66. The average molecular weight is 434 g/mol. The van der Waals surface area contributed by atoms with Gasteiger partial charge in [-0.2, -0.15) is 0 Å². The first-order valence-electron chi connectivity index (χ1n) is 11.3. The monoisotopic (exact) mass is 433 g/mol. The number of H-pyrrole nitrogens is 1. The number of aryl methyl sites for hydroxylation is 1. The Morgan fingerprint density at radius 1 is 1.13 bits per heavy atom. The van der Waals surface area contributed by atoms with Crippen molar-refractivity contribution in [2.45, 2.75) is 64.6 Å². The van der Waals surface area contributed by atoms with E-state index in [0.717, 1.165) is 40.0 Å². The molecule has 0 bridgehead atoms. The van der Waals surface area contributed by atoms with Crippen molar-refractivity contribution in [2.24, 2.45) is 0 Å². The molecule has 1 unspecified atom stereocenters. The SMILES string of the molecule is Cc1ccc2cc(CN(C(=S)NC(C)c3ccccc3)C3CCCCC3)c(=O)[nH]c2c1. The molecular formula is C26H31N3OS. The van der Waals surface area contributed by atoms with Crippen molar-refractivity contribution in [1.82, 2.24) is 15.2 Å². The van der Waals surface area contributed by atoms with Gasteiger partial charge < -0.3 is 15.2 Å². The van der Waals surface area contributed by atoms with Gasteiger partial charge in [0.25, 0.3) is 5.56 Å². The Kier molecular flexibility index (Phi) is 6.71. The normalized spacial score (nSPS) is 15.5. The summed E-state index contributed by atoms with van der Waals surface area (Å²) in [5, 5.41) is 5.31. The second kappa shape index (κ2) is 9.65. The lowest BCUT2D eigenvalue weighted by Crippen LogP contribution is -2.47. The van der Waals surface area contributed by atoms with E-state index in [9.17, 15) is 4.79 Å². The lowest BCUT2D eigenvalue weighted by atomic mass is 9.94. The summed E-state index contributed by atoms with van der Waals surface area (Å²) >= 11 is 5.89. The lowest BCUT2D eigenvalue weighted by Gasteiger charge is -2.37. The van der Waals surface area contributed by atoms with Crippen LogP contribution in [-0.4, -0.2) is 21.0 Å². The highest BCUT2D eigenvalue weighted by Crippen LogP contribution is 2.25. The van der Waals surface area contributed by atoms with Crippen LogP contribution in [0.4, 0.5) is 0 Å². The predicted octanol–water partition coefficient (Wildman–Crippen LogP) is 5.61. The maximum absolute atomic E-state index is 12.9. The van der Waals surface area contributed by atoms with Crippen LogP contribution in [0.25, 0.3) is 10.9 Å². The van der Waals surface area contributed by atoms with E-state index in [1.165, 1.54) is 24.8 Å². The maximum atomic E-state index is 12.9. The van der Waals surface area contributed by atoms with E-state index in [0.29, 0.717) is 12.6 Å². The van der Waals surface area contributed by atoms with Gasteiger partial charge in [-0.15, -0.1) is 0 Å². The highest BCUT2D eigenvalue weighted by atomic mass is 32.1. The molecule has 0 amide bonds. The van der Waals surface area contributed by atoms with Crippen LogP contribution in [0.5, 0.6) is 0 Å². The fourth-order valence-electron chi connectivity index (χ4n) is 4.51. The standard InChI is InChI=1S/C26H31N3OS/c1-18-13-14-21-16-22(25(30)28-24(21)15-18)17-29(23-11-7-4-8-12-23)26(31)27-19(2)20-9-5-3-6-10-20/h3,5-6,9-10,13-16,19,23H,4,7-8,11-12,17H2,1-2H3,(H,27,31)(H,28,30). The largest absolute Gasteiger partial charge is 0.356 e. The molecule has 2 aromatic carbocycles. The minimum absolute atomic E-state index is 0.0298. The van der Waals surface area contributed by atoms with Gasteiger partial charge in [-0.05, 0) is 67.6 Å². The molecule has 0 radical (unpaired) electrons. The van der Waals surface area contributed by atoms with E-state index in [1.54, 1.807) is 0 Å². The van der Waals surface area contributed by atoms with E-state index in [4.69, 9.17) is 12.2 Å². The number of aromatic amines is 1. The highest BCUT2D eigenvalue weighted by molar-refractivity contribution is 7.80. The molecule has 1 heterocycles. The van der Waals surface area contributed by atoms with Crippen LogP contribution in [0.2, 0.25) is 0 Å². The number of hydrogen-bond donors (Lipinski definition) is 2. The first-order chi connectivity index (χ1) is 15.0. The summed E-state index contributed by atoms with van der Waals surface area (Å²) in [4.78, 5) is 18.2. The summed E-state index contributed by atoms with van der Waals surface area (Å²) in [6.45, 7) is 4.69. The summed E-state index contributed by atoms with van der Waals surface area (Å²) in [6.07, 6.45) is 5.94. The van der Waals surface area contributed by atoms with Crippen LogP contribution in [0.1, 0.15) is 61.8 Å². The molecule has 162 valence electrons. The molecule has 31 heavy (non-hydrogen) atoms. The molecule has 0 saturated heterocycles. The Bertz CT molecular complexity index is 1100. The topological polar surface area (TPSA) is 48.1 Å². The van der Waals surface area contributed by atoms with E-state index in [2.05, 4.69) is 46.4 Å². The zero-order chi connectivity index (χ0) is 21.8. The molecule has 0 aliphatic heterocycles. The van der Waals surface area contributed by atoms with Gasteiger partial charge in [-0.25, -0.2) is 0 Å². The van der Waals surface area contributed by atoms with E-state index in [1.807, 2.05) is 37.3 Å². The summed E-state index contributed by atoms with van der Waals surface area (Å²) in [7, 11) is 0. The number of rotatable bonds is 5. The Morgan fingerprint density at radius 3 is 2.61 bits per heavy atom. The van der Waals surface area contributed by atoms with Crippen LogP contribution in [0.15, 0.2) is 59.4 Å². The molecule has 1 aliphatic carbocycles. The van der Waals surface area contributed by atoms with Crippen LogP contribution in [0, 0.1) is 6.92 Å². The lowest BCUT2D eigenvalue weighted by molar-refractivity contribution is 0.233. The molecule has 1 aliphatic rings. The van der Waals surface area contributed by atoms with Crippen LogP contribution in [0.3, 0.4) is 0 Å². The Morgan fingerprint density at radius 2 is 1.87 bits per heavy atom. The third-order valence-corrected chi connectivity index (χ3v) is 6.69. The average Bonchev–Trinajstić information content (AvgIpc) is 2.78. The first kappa shape index (κ1) is 21.6. The third-order valence-electron chi connectivity index (χ3n) is 6.33. The van der Waals surface area contributed by atoms with Crippen molar-refractivity contribution in [3.05, 3.63) is 81.6 Å². The van der Waals surface area contributed by atoms with E-state index in [-0.39, 0.29) is 11.6 Å². The van der Waals surface area contributed by atoms with Gasteiger partial charge in [-0.3, -0.25) is 4.79 Å². The number of nitrogens with zero attached hydrogens (tertiary/aromatic N) is 1. The fraction of sp³-hybridized carbons (Fsp3) is 0.385. The number of benzene rings is 2. The van der Waals surface area contributed by atoms with Crippen molar-refractivity contribution < 1.29 is 0 Å². The van der Waals surface area contributed by atoms with Crippen molar-refractivity contribution in [1.29, 1.82) is 0 Å². The van der Waals surface area contributed by atoms with Crippen molar-refractivity contribution in [2.75, 3.05) is 0 Å². The van der Waals surface area contributed by atoms with Gasteiger partial charge in [-0.1, -0.05) is 61.7 Å². The molecule has 4 rings (SSSR count). The van der Waals surface area contributed by atoms with E-state index < -0.39 is 0 Å². The second-order valence-corrected chi connectivity index (χ2v) is 9.10. The molecule has 1 aromatic heterocycles. The second-order valence-electron chi connectivity index (χ2n) is 8.72. The Labute approximate surface area is 189 Å². The Balaban J connectivity index is 1.60. The van der Waals surface area contributed by atoms with E-state index >= 15 is 0 Å². The van der Waals surface area contributed by atoms with Gasteiger partial charge in [0, 0.05) is 17.1 Å². The number of pyridine rings is 1. The summed E-state index contributed by atoms with van der Waals surface area (Å²) in [5.74, 6) is 0. The molecule has 3 aromatic rings. The van der Waals surface area contributed by atoms with Crippen molar-refractivity contribution in [3.8, 4) is 0 Å². The predicted molar refractivity (Wildman–Crippen MR) is 132 cm³/mol. The number of thiocarbonyl (C=S) groups is 1. The van der Waals surface area contributed by atoms with Crippen LogP contribution in [-0.2, 0) is 6.54 Å². The quantitative estimate of drug-likeness (QED) is 0.514. The summed E-state index contributed by atoms with van der Waals surface area (Å²) < 4.78 is 0. The fourth-order valence-corrected chi connectivity index (χ4v) is 4.90. The van der Waals surface area contributed by atoms with Gasteiger partial charge in [0.2, 0.25) is 0 Å². The first-order valence-corrected chi connectivity index (χ1v) is 11.7. The van der Waals surface area contributed by atoms with Crippen molar-refractivity contribution in [3.63, 3.8) is 0 Å². The molecule has 0 spiro atoms.